The van der Waals surface area contributed by atoms with Gasteiger partial charge in [0.1, 0.15) is 5.82 Å². The van der Waals surface area contributed by atoms with E-state index in [1.807, 2.05) is 25.1 Å². The molecule has 1 N–H and O–H groups in total. The fourth-order valence-electron chi connectivity index (χ4n) is 3.21. The molecule has 3 rings (SSSR count). The molecule has 0 radical (unpaired) electrons. The molecule has 23 heavy (non-hydrogen) atoms. The van der Waals surface area contributed by atoms with Crippen LogP contribution in [0.15, 0.2) is 42.6 Å². The van der Waals surface area contributed by atoms with Crippen molar-refractivity contribution in [2.75, 3.05) is 0 Å². The van der Waals surface area contributed by atoms with Crippen LogP contribution in [0.1, 0.15) is 34.7 Å². The lowest BCUT2D eigenvalue weighted by molar-refractivity contribution is -0.140. The van der Waals surface area contributed by atoms with Gasteiger partial charge in [0.05, 0.1) is 5.92 Å². The van der Waals surface area contributed by atoms with E-state index in [-0.39, 0.29) is 11.7 Å². The van der Waals surface area contributed by atoms with Gasteiger partial charge in [0, 0.05) is 17.8 Å². The molecule has 4 heteroatoms. The Morgan fingerprint density at radius 3 is 2.70 bits per heavy atom. The number of aromatic nitrogens is 1. The number of aryl methyl sites for hydroxylation is 1. The lowest BCUT2D eigenvalue weighted by Gasteiger charge is -2.19. The van der Waals surface area contributed by atoms with Gasteiger partial charge in [-0.3, -0.25) is 9.78 Å². The van der Waals surface area contributed by atoms with Crippen molar-refractivity contribution < 1.29 is 14.3 Å². The summed E-state index contributed by atoms with van der Waals surface area (Å²) < 4.78 is 13.9. The van der Waals surface area contributed by atoms with Gasteiger partial charge in [-0.1, -0.05) is 24.3 Å². The zero-order chi connectivity index (χ0) is 16.6. The van der Waals surface area contributed by atoms with Gasteiger partial charge >= 0.3 is 5.97 Å². The van der Waals surface area contributed by atoms with Gasteiger partial charge < -0.3 is 5.11 Å². The Balaban J connectivity index is 1.99. The Labute approximate surface area is 134 Å². The molecular weight excluding hydrogens is 293 g/mol. The van der Waals surface area contributed by atoms with Crippen molar-refractivity contribution in [1.82, 2.24) is 4.98 Å². The molecule has 0 aliphatic heterocycles. The minimum Gasteiger partial charge on any atom is -0.481 e. The van der Waals surface area contributed by atoms with Gasteiger partial charge in [-0.15, -0.1) is 0 Å². The molecule has 0 bridgehead atoms. The number of halogens is 1. The molecule has 0 amide bonds. The van der Waals surface area contributed by atoms with E-state index in [1.165, 1.54) is 6.07 Å². The minimum absolute atomic E-state index is 0.250. The van der Waals surface area contributed by atoms with E-state index in [0.29, 0.717) is 12.0 Å². The zero-order valence-corrected chi connectivity index (χ0v) is 13.1. The fourth-order valence-corrected chi connectivity index (χ4v) is 3.21. The van der Waals surface area contributed by atoms with Crippen LogP contribution < -0.4 is 0 Å². The smallest absolute Gasteiger partial charge is 0.311 e. The van der Waals surface area contributed by atoms with Crippen molar-refractivity contribution in [1.29, 1.82) is 0 Å². The normalized spacial score (nSPS) is 20.4. The number of hydrogen-bond donors (Lipinski definition) is 1. The summed E-state index contributed by atoms with van der Waals surface area (Å²) in [6.45, 7) is 3.61. The van der Waals surface area contributed by atoms with Crippen LogP contribution in [0.25, 0.3) is 5.57 Å². The minimum atomic E-state index is -0.881. The van der Waals surface area contributed by atoms with E-state index in [9.17, 15) is 14.3 Å². The van der Waals surface area contributed by atoms with Gasteiger partial charge in [-0.2, -0.15) is 0 Å². The first-order valence-corrected chi connectivity index (χ1v) is 7.59. The fraction of sp³-hybridized carbons (Fsp3) is 0.263. The van der Waals surface area contributed by atoms with Crippen LogP contribution >= 0.6 is 0 Å². The summed E-state index contributed by atoms with van der Waals surface area (Å²) in [6, 6.07) is 8.73. The van der Waals surface area contributed by atoms with Gasteiger partial charge in [-0.25, -0.2) is 4.39 Å². The monoisotopic (exact) mass is 311 g/mol. The number of allylic oxidation sites excluding steroid dienone is 1. The number of hydrogen-bond acceptors (Lipinski definition) is 2. The van der Waals surface area contributed by atoms with Gasteiger partial charge in [0.15, 0.2) is 0 Å². The molecule has 1 aliphatic carbocycles. The Hall–Kier alpha value is -2.49. The molecule has 2 aromatic rings. The van der Waals surface area contributed by atoms with E-state index >= 15 is 0 Å². The summed E-state index contributed by atoms with van der Waals surface area (Å²) >= 11 is 0. The first-order valence-electron chi connectivity index (χ1n) is 7.59. The first kappa shape index (κ1) is 15.4. The molecule has 2 unspecified atom stereocenters. The van der Waals surface area contributed by atoms with Crippen molar-refractivity contribution >= 4 is 11.5 Å². The highest BCUT2D eigenvalue weighted by Gasteiger charge is 2.35. The molecule has 1 aliphatic rings. The van der Waals surface area contributed by atoms with Crippen LogP contribution in [0.5, 0.6) is 0 Å². The second-order valence-corrected chi connectivity index (χ2v) is 6.01. The van der Waals surface area contributed by atoms with Gasteiger partial charge in [0.2, 0.25) is 0 Å². The Morgan fingerprint density at radius 2 is 2.04 bits per heavy atom. The highest BCUT2D eigenvalue weighted by atomic mass is 19.1. The van der Waals surface area contributed by atoms with Crippen LogP contribution in [-0.4, -0.2) is 16.1 Å². The van der Waals surface area contributed by atoms with Crippen LogP contribution in [-0.2, 0) is 4.79 Å². The molecule has 0 saturated heterocycles. The van der Waals surface area contributed by atoms with Crippen molar-refractivity contribution in [2.24, 2.45) is 5.92 Å². The Bertz CT molecular complexity index is 780. The van der Waals surface area contributed by atoms with Crippen LogP contribution in [0.4, 0.5) is 4.39 Å². The summed E-state index contributed by atoms with van der Waals surface area (Å²) in [5, 5.41) is 9.56. The van der Waals surface area contributed by atoms with Crippen LogP contribution in [0.3, 0.4) is 0 Å². The molecule has 2 atom stereocenters. The predicted octanol–water partition coefficient (Wildman–Crippen LogP) is 4.11. The molecule has 0 saturated carbocycles. The SMILES string of the molecule is Cc1ccc(C2=CC(C(=O)O)C(c3cccc(F)c3C)C2)cn1. The number of carbonyl (C=O) groups is 1. The van der Waals surface area contributed by atoms with Gasteiger partial charge in [0.25, 0.3) is 0 Å². The topological polar surface area (TPSA) is 50.2 Å². The summed E-state index contributed by atoms with van der Waals surface area (Å²) in [7, 11) is 0. The molecule has 3 nitrogen and oxygen atoms in total. The second-order valence-electron chi connectivity index (χ2n) is 6.01. The largest absolute Gasteiger partial charge is 0.481 e. The average molecular weight is 311 g/mol. The van der Waals surface area contributed by atoms with E-state index in [2.05, 4.69) is 4.98 Å². The first-order chi connectivity index (χ1) is 11.0. The highest BCUT2D eigenvalue weighted by Crippen LogP contribution is 2.43. The standard InChI is InChI=1S/C19H18FNO2/c1-11-6-7-13(10-21-11)14-8-16(17(9-14)19(22)23)15-4-3-5-18(20)12(15)2/h3-7,9-10,16-17H,8H2,1-2H3,(H,22,23). The maximum absolute atomic E-state index is 13.9. The number of nitrogens with zero attached hydrogens (tertiary/aromatic N) is 1. The number of rotatable bonds is 3. The average Bonchev–Trinajstić information content (AvgIpc) is 2.96. The van der Waals surface area contributed by atoms with E-state index < -0.39 is 11.9 Å². The molecule has 1 heterocycles. The number of carboxylic acid groups (broad SMARTS) is 1. The maximum Gasteiger partial charge on any atom is 0.311 e. The third kappa shape index (κ3) is 2.89. The highest BCUT2D eigenvalue weighted by molar-refractivity contribution is 5.82. The number of benzene rings is 1. The van der Waals surface area contributed by atoms with Crippen molar-refractivity contribution in [3.05, 3.63) is 70.8 Å². The quantitative estimate of drug-likeness (QED) is 0.928. The lowest BCUT2D eigenvalue weighted by atomic mass is 9.85. The number of pyridine rings is 1. The van der Waals surface area contributed by atoms with Crippen molar-refractivity contribution in [3.63, 3.8) is 0 Å². The molecule has 0 fully saturated rings. The molecule has 1 aromatic carbocycles. The summed E-state index contributed by atoms with van der Waals surface area (Å²) in [6.07, 6.45) is 4.12. The number of aliphatic carboxylic acids is 1. The maximum atomic E-state index is 13.9. The van der Waals surface area contributed by atoms with Crippen LogP contribution in [0, 0.1) is 25.6 Å². The van der Waals surface area contributed by atoms with Crippen molar-refractivity contribution in [3.8, 4) is 0 Å². The molecule has 0 spiro atoms. The van der Waals surface area contributed by atoms with Gasteiger partial charge in [-0.05, 0) is 54.7 Å². The predicted molar refractivity (Wildman–Crippen MR) is 86.6 cm³/mol. The Kier molecular flexibility index (Phi) is 3.99. The van der Waals surface area contributed by atoms with E-state index in [4.69, 9.17) is 0 Å². The molecule has 118 valence electrons. The van der Waals surface area contributed by atoms with Crippen molar-refractivity contribution in [2.45, 2.75) is 26.2 Å². The van der Waals surface area contributed by atoms with E-state index in [0.717, 1.165) is 22.4 Å². The zero-order valence-electron chi connectivity index (χ0n) is 13.1. The molecular formula is C19H18FNO2. The molecule has 1 aromatic heterocycles. The van der Waals surface area contributed by atoms with E-state index in [1.54, 1.807) is 25.3 Å². The third-order valence-electron chi connectivity index (χ3n) is 4.53. The number of carboxylic acids is 1. The second kappa shape index (κ2) is 5.95. The van der Waals surface area contributed by atoms with Crippen LogP contribution in [0.2, 0.25) is 0 Å². The Morgan fingerprint density at radius 1 is 1.26 bits per heavy atom. The summed E-state index contributed by atoms with van der Waals surface area (Å²) in [5.74, 6) is -2.07. The summed E-state index contributed by atoms with van der Waals surface area (Å²) in [4.78, 5) is 15.9. The lowest BCUT2D eigenvalue weighted by Crippen LogP contribution is -2.17. The third-order valence-corrected chi connectivity index (χ3v) is 4.53. The summed E-state index contributed by atoms with van der Waals surface area (Å²) in [5.41, 5.74) is 4.10.